The summed E-state index contributed by atoms with van der Waals surface area (Å²) >= 11 is 0. The molecule has 1 saturated carbocycles. The second-order valence-corrected chi connectivity index (χ2v) is 10.8. The number of aliphatic carboxylic acids is 1. The number of likely N-dealkylation sites (N-methyl/N-ethyl adjacent to an activating group) is 1. The Balaban J connectivity index is 1.56. The van der Waals surface area contributed by atoms with Crippen LogP contribution in [0.4, 0.5) is 0 Å². The predicted molar refractivity (Wildman–Crippen MR) is 153 cm³/mol. The highest BCUT2D eigenvalue weighted by Crippen LogP contribution is 2.46. The van der Waals surface area contributed by atoms with Crippen molar-refractivity contribution < 1.29 is 58.8 Å². The number of nitrogens with one attached hydrogen (secondary N) is 1. The van der Waals surface area contributed by atoms with Crippen LogP contribution in [0.5, 0.6) is 23.0 Å². The summed E-state index contributed by atoms with van der Waals surface area (Å²) in [6, 6.07) is 9.10. The molecule has 44 heavy (non-hydrogen) atoms. The predicted octanol–water partition coefficient (Wildman–Crippen LogP) is 1.07. The lowest BCUT2D eigenvalue weighted by molar-refractivity contribution is -0.271. The Morgan fingerprint density at radius 3 is 2.41 bits per heavy atom. The van der Waals surface area contributed by atoms with Crippen LogP contribution in [0.2, 0.25) is 0 Å². The van der Waals surface area contributed by atoms with Gasteiger partial charge >= 0.3 is 5.97 Å². The van der Waals surface area contributed by atoms with E-state index in [0.29, 0.717) is 37.3 Å². The van der Waals surface area contributed by atoms with Gasteiger partial charge < -0.3 is 59.3 Å². The zero-order valence-corrected chi connectivity index (χ0v) is 23.8. The van der Waals surface area contributed by atoms with Crippen LogP contribution in [0.1, 0.15) is 32.1 Å². The second-order valence-electron chi connectivity index (χ2n) is 10.8. The molecule has 5 atom stereocenters. The maximum atomic E-state index is 13.3. The van der Waals surface area contributed by atoms with Gasteiger partial charge in [0, 0.05) is 37.1 Å². The minimum absolute atomic E-state index is 0.132. The van der Waals surface area contributed by atoms with Crippen LogP contribution in [0, 0.1) is 0 Å². The number of hydrogen-bond donors (Lipinski definition) is 7. The third-order valence-electron chi connectivity index (χ3n) is 7.66. The molecule has 0 radical (unpaired) electrons. The number of aliphatic hydroxyl groups excluding tert-OH is 3. The average Bonchev–Trinajstić information content (AvgIpc) is 2.99. The van der Waals surface area contributed by atoms with Crippen LogP contribution in [-0.4, -0.2) is 93.3 Å². The molecule has 14 nitrogen and oxygen atoms in total. The highest BCUT2D eigenvalue weighted by Gasteiger charge is 2.48. The minimum atomic E-state index is -1.97. The van der Waals surface area contributed by atoms with Gasteiger partial charge in [0.15, 0.2) is 23.0 Å². The molecule has 5 unspecified atom stereocenters. The number of phenols is 1. The average molecular weight is 618 g/mol. The molecular formula is C30H35NO13. The van der Waals surface area contributed by atoms with Gasteiger partial charge in [-0.25, -0.2) is 4.79 Å². The SMILES string of the molecule is CNCCOc1ccc(-c2cc(=O)c3c(O)c(OC4(O)CCCCC4)c(OC4OC(C(=O)O)C(O)C(O)C4O)cc3o2)cc1. The number of rotatable bonds is 10. The van der Waals surface area contributed by atoms with E-state index in [1.807, 2.05) is 0 Å². The summed E-state index contributed by atoms with van der Waals surface area (Å²) in [7, 11) is 1.81. The molecule has 7 N–H and O–H groups in total. The fraction of sp³-hybridized carbons (Fsp3) is 0.467. The molecule has 2 aliphatic rings. The summed E-state index contributed by atoms with van der Waals surface area (Å²) < 4.78 is 28.4. The Kier molecular flexibility index (Phi) is 9.29. The van der Waals surface area contributed by atoms with Crippen molar-refractivity contribution >= 4 is 16.9 Å². The van der Waals surface area contributed by atoms with E-state index < -0.39 is 59.4 Å². The summed E-state index contributed by atoms with van der Waals surface area (Å²) in [6.07, 6.45) is -7.18. The number of carboxylic acids is 1. The first-order valence-corrected chi connectivity index (χ1v) is 14.2. The second kappa shape index (κ2) is 13.0. The van der Waals surface area contributed by atoms with E-state index in [0.717, 1.165) is 6.42 Å². The molecule has 2 fully saturated rings. The maximum Gasteiger partial charge on any atom is 0.335 e. The Morgan fingerprint density at radius 2 is 1.75 bits per heavy atom. The molecule has 1 aromatic heterocycles. The number of hydrogen-bond acceptors (Lipinski definition) is 13. The number of ether oxygens (including phenoxy) is 4. The number of aliphatic hydroxyl groups is 4. The lowest BCUT2D eigenvalue weighted by Crippen LogP contribution is -2.61. The van der Waals surface area contributed by atoms with Gasteiger partial charge in [0.1, 0.15) is 47.4 Å². The topological polar surface area (TPSA) is 218 Å². The minimum Gasteiger partial charge on any atom is -0.504 e. The fourth-order valence-electron chi connectivity index (χ4n) is 5.25. The van der Waals surface area contributed by atoms with E-state index in [4.69, 9.17) is 23.4 Å². The van der Waals surface area contributed by atoms with E-state index in [1.165, 1.54) is 12.1 Å². The molecule has 5 rings (SSSR count). The molecule has 0 spiro atoms. The van der Waals surface area contributed by atoms with Crippen molar-refractivity contribution in [1.82, 2.24) is 5.32 Å². The molecule has 2 aromatic carbocycles. The number of benzene rings is 2. The number of fused-ring (bicyclic) bond motifs is 1. The summed E-state index contributed by atoms with van der Waals surface area (Å²) in [5, 5.41) is 65.4. The molecule has 2 heterocycles. The van der Waals surface area contributed by atoms with E-state index in [1.54, 1.807) is 31.3 Å². The smallest absolute Gasteiger partial charge is 0.335 e. The van der Waals surface area contributed by atoms with Crippen molar-refractivity contribution in [2.24, 2.45) is 0 Å². The molecule has 3 aromatic rings. The number of carboxylic acid groups (broad SMARTS) is 1. The van der Waals surface area contributed by atoms with Gasteiger partial charge in [-0.05, 0) is 44.2 Å². The van der Waals surface area contributed by atoms with Crippen molar-refractivity contribution in [2.45, 2.75) is 68.6 Å². The summed E-state index contributed by atoms with van der Waals surface area (Å²) in [5.41, 5.74) is -0.298. The Morgan fingerprint density at radius 1 is 1.05 bits per heavy atom. The molecule has 238 valence electrons. The van der Waals surface area contributed by atoms with E-state index in [-0.39, 0.29) is 35.3 Å². The molecule has 14 heteroatoms. The highest BCUT2D eigenvalue weighted by molar-refractivity contribution is 5.89. The third-order valence-corrected chi connectivity index (χ3v) is 7.66. The Hall–Kier alpha value is -3.92. The van der Waals surface area contributed by atoms with Gasteiger partial charge in [-0.1, -0.05) is 6.42 Å². The molecule has 1 saturated heterocycles. The number of phenolic OH excluding ortho intramolecular Hbond substituents is 1. The van der Waals surface area contributed by atoms with Gasteiger partial charge in [0.2, 0.25) is 17.8 Å². The maximum absolute atomic E-state index is 13.3. The van der Waals surface area contributed by atoms with Gasteiger partial charge in [-0.15, -0.1) is 0 Å². The van der Waals surface area contributed by atoms with Crippen molar-refractivity contribution in [3.05, 3.63) is 46.6 Å². The van der Waals surface area contributed by atoms with E-state index in [9.17, 15) is 40.2 Å². The molecule has 1 aliphatic heterocycles. The van der Waals surface area contributed by atoms with Crippen molar-refractivity contribution in [2.75, 3.05) is 20.2 Å². The molecular weight excluding hydrogens is 582 g/mol. The van der Waals surface area contributed by atoms with E-state index >= 15 is 0 Å². The van der Waals surface area contributed by atoms with Gasteiger partial charge in [0.25, 0.3) is 0 Å². The fourth-order valence-corrected chi connectivity index (χ4v) is 5.25. The first-order valence-electron chi connectivity index (χ1n) is 14.2. The number of carbonyl (C=O) groups is 1. The molecule has 0 bridgehead atoms. The van der Waals surface area contributed by atoms with E-state index in [2.05, 4.69) is 5.32 Å². The van der Waals surface area contributed by atoms with Crippen LogP contribution in [-0.2, 0) is 9.53 Å². The molecule has 0 amide bonds. The zero-order valence-electron chi connectivity index (χ0n) is 23.8. The van der Waals surface area contributed by atoms with Gasteiger partial charge in [0.05, 0.1) is 0 Å². The lowest BCUT2D eigenvalue weighted by atomic mass is 9.94. The Bertz CT molecular complexity index is 1530. The van der Waals surface area contributed by atoms with Crippen LogP contribution in [0.3, 0.4) is 0 Å². The first-order chi connectivity index (χ1) is 21.0. The van der Waals surface area contributed by atoms with Gasteiger partial charge in [-0.3, -0.25) is 4.79 Å². The van der Waals surface area contributed by atoms with Crippen molar-refractivity contribution in [3.63, 3.8) is 0 Å². The largest absolute Gasteiger partial charge is 0.504 e. The van der Waals surface area contributed by atoms with Crippen LogP contribution < -0.4 is 25.0 Å². The monoisotopic (exact) mass is 617 g/mol. The van der Waals surface area contributed by atoms with Crippen LogP contribution >= 0.6 is 0 Å². The number of aromatic hydroxyl groups is 1. The Labute approximate surface area is 251 Å². The normalized spacial score (nSPS) is 25.0. The third kappa shape index (κ3) is 6.45. The summed E-state index contributed by atoms with van der Waals surface area (Å²) in [5.74, 6) is -4.23. The molecule has 1 aliphatic carbocycles. The lowest BCUT2D eigenvalue weighted by Gasteiger charge is -2.39. The summed E-state index contributed by atoms with van der Waals surface area (Å²) in [6.45, 7) is 1.10. The van der Waals surface area contributed by atoms with Gasteiger partial charge in [-0.2, -0.15) is 0 Å². The van der Waals surface area contributed by atoms with Crippen LogP contribution in [0.15, 0.2) is 45.6 Å². The van der Waals surface area contributed by atoms with Crippen LogP contribution in [0.25, 0.3) is 22.3 Å². The first kappa shape index (κ1) is 31.5. The quantitative estimate of drug-likeness (QED) is 0.125. The zero-order chi connectivity index (χ0) is 31.6. The highest BCUT2D eigenvalue weighted by atomic mass is 16.7. The van der Waals surface area contributed by atoms with Crippen molar-refractivity contribution in [3.8, 4) is 34.3 Å². The summed E-state index contributed by atoms with van der Waals surface area (Å²) in [4.78, 5) is 24.9. The standard InChI is InChI=1S/C30H35NO13/c1-31-11-12-40-16-7-5-15(6-8-16)18-13-17(32)21-19(41-18)14-20(26(22(21)33)44-30(39)9-3-2-4-10-30)42-29-25(36)23(34)24(35)27(43-29)28(37)38/h5-8,13-14,23-25,27,29,31,33-36,39H,2-4,9-12H2,1H3,(H,37,38). The van der Waals surface area contributed by atoms with Crippen molar-refractivity contribution in [1.29, 1.82) is 0 Å².